The van der Waals surface area contributed by atoms with Crippen LogP contribution in [0, 0.1) is 11.6 Å². The molecule has 0 fully saturated rings. The molecule has 18 heavy (non-hydrogen) atoms. The number of alkyl halides is 1. The molecule has 0 aliphatic heterocycles. The quantitative estimate of drug-likeness (QED) is 0.875. The molecule has 0 bridgehead atoms. The number of hydrogen-bond acceptors (Lipinski definition) is 2. The molecular weight excluding hydrogens is 247 g/mol. The van der Waals surface area contributed by atoms with Crippen molar-refractivity contribution in [2.24, 2.45) is 5.73 Å². The van der Waals surface area contributed by atoms with Crippen LogP contribution in [0.15, 0.2) is 12.1 Å². The summed E-state index contributed by atoms with van der Waals surface area (Å²) in [6, 6.07) is 0.581. The van der Waals surface area contributed by atoms with Crippen molar-refractivity contribution in [3.63, 3.8) is 0 Å². The highest BCUT2D eigenvalue weighted by molar-refractivity contribution is 5.68. The third-order valence-corrected chi connectivity index (χ3v) is 2.54. The lowest BCUT2D eigenvalue weighted by molar-refractivity contribution is -0.137. The minimum Gasteiger partial charge on any atom is -0.481 e. The van der Waals surface area contributed by atoms with Crippen LogP contribution in [0.2, 0.25) is 0 Å². The lowest BCUT2D eigenvalue weighted by Crippen LogP contribution is -2.19. The first kappa shape index (κ1) is 14.5. The zero-order chi connectivity index (χ0) is 14.1. The second-order valence-corrected chi connectivity index (χ2v) is 4.54. The van der Waals surface area contributed by atoms with E-state index in [1.807, 2.05) is 0 Å². The number of rotatable bonds is 4. The predicted molar refractivity (Wildman–Crippen MR) is 59.7 cm³/mol. The summed E-state index contributed by atoms with van der Waals surface area (Å²) < 4.78 is 40.5. The third-order valence-electron chi connectivity index (χ3n) is 2.54. The van der Waals surface area contributed by atoms with E-state index < -0.39 is 35.7 Å². The van der Waals surface area contributed by atoms with Gasteiger partial charge in [0.1, 0.15) is 5.67 Å². The molecule has 0 aliphatic rings. The Morgan fingerprint density at radius 2 is 2.00 bits per heavy atom. The Morgan fingerprint density at radius 3 is 2.44 bits per heavy atom. The molecule has 0 amide bonds. The van der Waals surface area contributed by atoms with Gasteiger partial charge in [-0.2, -0.15) is 0 Å². The highest BCUT2D eigenvalue weighted by Gasteiger charge is 2.25. The van der Waals surface area contributed by atoms with Crippen molar-refractivity contribution < 1.29 is 23.1 Å². The normalized spacial score (nSPS) is 13.4. The van der Waals surface area contributed by atoms with E-state index >= 15 is 0 Å². The Hall–Kier alpha value is -1.56. The first-order valence-electron chi connectivity index (χ1n) is 5.28. The molecule has 6 heteroatoms. The van der Waals surface area contributed by atoms with Crippen LogP contribution in [0.3, 0.4) is 0 Å². The van der Waals surface area contributed by atoms with E-state index in [2.05, 4.69) is 0 Å². The molecule has 0 saturated heterocycles. The van der Waals surface area contributed by atoms with Crippen molar-refractivity contribution in [2.75, 3.05) is 0 Å². The molecule has 1 aromatic rings. The van der Waals surface area contributed by atoms with Crippen molar-refractivity contribution in [2.45, 2.75) is 32.0 Å². The van der Waals surface area contributed by atoms with Crippen molar-refractivity contribution in [3.8, 4) is 0 Å². The van der Waals surface area contributed by atoms with Crippen LogP contribution >= 0.6 is 0 Å². The zero-order valence-corrected chi connectivity index (χ0v) is 10.0. The number of halogens is 3. The fraction of sp³-hybridized carbons (Fsp3) is 0.417. The molecule has 3 nitrogen and oxygen atoms in total. The highest BCUT2D eigenvalue weighted by atomic mass is 19.2. The van der Waals surface area contributed by atoms with Crippen LogP contribution < -0.4 is 5.73 Å². The second kappa shape index (κ2) is 4.97. The van der Waals surface area contributed by atoms with E-state index in [1.165, 1.54) is 13.8 Å². The summed E-state index contributed by atoms with van der Waals surface area (Å²) in [5.74, 6) is -3.72. The molecule has 0 radical (unpaired) electrons. The summed E-state index contributed by atoms with van der Waals surface area (Å²) in [4.78, 5) is 10.5. The SMILES string of the molecule is CC(C)(F)c1cc(F)c(F)c(C(N)CC(=O)O)c1. The molecule has 0 spiro atoms. The van der Waals surface area contributed by atoms with Crippen LogP contribution in [-0.4, -0.2) is 11.1 Å². The molecule has 1 rings (SSSR count). The largest absolute Gasteiger partial charge is 0.481 e. The molecule has 0 saturated carbocycles. The van der Waals surface area contributed by atoms with Crippen LogP contribution in [0.4, 0.5) is 13.2 Å². The summed E-state index contributed by atoms with van der Waals surface area (Å²) in [6.07, 6.45) is -0.563. The third kappa shape index (κ3) is 3.22. The molecule has 100 valence electrons. The maximum absolute atomic E-state index is 13.7. The van der Waals surface area contributed by atoms with Gasteiger partial charge in [0.15, 0.2) is 11.6 Å². The van der Waals surface area contributed by atoms with Gasteiger partial charge in [-0.3, -0.25) is 4.79 Å². The minimum absolute atomic E-state index is 0.0859. The summed E-state index contributed by atoms with van der Waals surface area (Å²) in [7, 11) is 0. The van der Waals surface area contributed by atoms with Gasteiger partial charge in [-0.25, -0.2) is 13.2 Å². The fourth-order valence-electron chi connectivity index (χ4n) is 1.52. The Labute approximate surface area is 102 Å². The molecule has 0 heterocycles. The molecule has 0 aliphatic carbocycles. The second-order valence-electron chi connectivity index (χ2n) is 4.54. The van der Waals surface area contributed by atoms with Gasteiger partial charge in [-0.1, -0.05) is 0 Å². The Balaban J connectivity index is 3.26. The van der Waals surface area contributed by atoms with Crippen LogP contribution in [0.5, 0.6) is 0 Å². The summed E-state index contributed by atoms with van der Waals surface area (Å²) >= 11 is 0. The Morgan fingerprint density at radius 1 is 1.44 bits per heavy atom. The van der Waals surface area contributed by atoms with Gasteiger partial charge in [-0.15, -0.1) is 0 Å². The average molecular weight is 261 g/mol. The molecular formula is C12H14F3NO2. The lowest BCUT2D eigenvalue weighted by atomic mass is 9.94. The zero-order valence-electron chi connectivity index (χ0n) is 10.0. The topological polar surface area (TPSA) is 63.3 Å². The number of hydrogen-bond donors (Lipinski definition) is 2. The smallest absolute Gasteiger partial charge is 0.305 e. The minimum atomic E-state index is -1.87. The summed E-state index contributed by atoms with van der Waals surface area (Å²) in [6.45, 7) is 2.37. The van der Waals surface area contributed by atoms with Crippen molar-refractivity contribution in [3.05, 3.63) is 34.9 Å². The van der Waals surface area contributed by atoms with Gasteiger partial charge in [0.25, 0.3) is 0 Å². The number of nitrogens with two attached hydrogens (primary N) is 1. The first-order chi connectivity index (χ1) is 8.12. The van der Waals surface area contributed by atoms with Crippen molar-refractivity contribution >= 4 is 5.97 Å². The van der Waals surface area contributed by atoms with Crippen LogP contribution in [0.25, 0.3) is 0 Å². The number of carboxylic acid groups (broad SMARTS) is 1. The molecule has 1 unspecified atom stereocenters. The van der Waals surface area contributed by atoms with E-state index in [1.54, 1.807) is 0 Å². The van der Waals surface area contributed by atoms with Gasteiger partial charge >= 0.3 is 5.97 Å². The first-order valence-corrected chi connectivity index (χ1v) is 5.28. The predicted octanol–water partition coefficient (Wildman–Crippen LogP) is 2.64. The molecule has 1 aromatic carbocycles. The van der Waals surface area contributed by atoms with E-state index in [9.17, 15) is 18.0 Å². The number of aliphatic carboxylic acids is 1. The van der Waals surface area contributed by atoms with E-state index in [0.29, 0.717) is 0 Å². The van der Waals surface area contributed by atoms with E-state index in [-0.39, 0.29) is 11.1 Å². The summed E-state index contributed by atoms with van der Waals surface area (Å²) in [5.41, 5.74) is 3.18. The Kier molecular flexibility index (Phi) is 4.01. The van der Waals surface area contributed by atoms with Gasteiger partial charge < -0.3 is 10.8 Å². The van der Waals surface area contributed by atoms with Crippen LogP contribution in [0.1, 0.15) is 37.4 Å². The number of benzene rings is 1. The fourth-order valence-corrected chi connectivity index (χ4v) is 1.52. The lowest BCUT2D eigenvalue weighted by Gasteiger charge is -2.18. The van der Waals surface area contributed by atoms with E-state index in [0.717, 1.165) is 12.1 Å². The van der Waals surface area contributed by atoms with Crippen LogP contribution in [-0.2, 0) is 10.5 Å². The van der Waals surface area contributed by atoms with Gasteiger partial charge in [0.05, 0.1) is 6.42 Å². The van der Waals surface area contributed by atoms with Gasteiger partial charge in [0.2, 0.25) is 0 Å². The molecule has 1 atom stereocenters. The highest BCUT2D eigenvalue weighted by Crippen LogP contribution is 2.30. The van der Waals surface area contributed by atoms with Gasteiger partial charge in [0, 0.05) is 11.6 Å². The maximum Gasteiger partial charge on any atom is 0.305 e. The standard InChI is InChI=1S/C12H14F3NO2/c1-12(2,15)6-3-7(9(16)5-10(17)18)11(14)8(13)4-6/h3-4,9H,5,16H2,1-2H3,(H,17,18). The summed E-state index contributed by atoms with van der Waals surface area (Å²) in [5, 5.41) is 8.56. The number of carboxylic acids is 1. The Bertz CT molecular complexity index is 469. The van der Waals surface area contributed by atoms with Gasteiger partial charge in [-0.05, 0) is 31.5 Å². The monoisotopic (exact) mass is 261 g/mol. The average Bonchev–Trinajstić information content (AvgIpc) is 2.18. The molecule has 3 N–H and O–H groups in total. The maximum atomic E-state index is 13.7. The van der Waals surface area contributed by atoms with Crippen molar-refractivity contribution in [1.29, 1.82) is 0 Å². The number of carbonyl (C=O) groups is 1. The molecule has 0 aromatic heterocycles. The van der Waals surface area contributed by atoms with E-state index in [4.69, 9.17) is 10.8 Å². The van der Waals surface area contributed by atoms with Crippen molar-refractivity contribution in [1.82, 2.24) is 0 Å².